The maximum Gasteiger partial charge on any atom is 0.332 e. The van der Waals surface area contributed by atoms with E-state index in [1.807, 2.05) is 31.4 Å². The molecule has 1 aromatic carbocycles. The molecule has 0 aliphatic rings. The molecule has 0 saturated carbocycles. The van der Waals surface area contributed by atoms with Gasteiger partial charge in [-0.1, -0.05) is 12.1 Å². The van der Waals surface area contributed by atoms with Crippen LogP contribution in [0.15, 0.2) is 29.5 Å². The van der Waals surface area contributed by atoms with Gasteiger partial charge in [0.15, 0.2) is 0 Å². The summed E-state index contributed by atoms with van der Waals surface area (Å²) in [5.74, 6) is 0. The van der Waals surface area contributed by atoms with Gasteiger partial charge in [-0.3, -0.25) is 4.68 Å². The second-order valence-electron chi connectivity index (χ2n) is 3.36. The highest BCUT2D eigenvalue weighted by Crippen LogP contribution is 2.12. The van der Waals surface area contributed by atoms with Gasteiger partial charge >= 0.3 is 6.03 Å². The van der Waals surface area contributed by atoms with E-state index >= 15 is 0 Å². The predicted molar refractivity (Wildman–Crippen MR) is 61.0 cm³/mol. The zero-order valence-electron chi connectivity index (χ0n) is 8.71. The van der Waals surface area contributed by atoms with Gasteiger partial charge < -0.3 is 5.73 Å². The van der Waals surface area contributed by atoms with Gasteiger partial charge in [-0.2, -0.15) is 10.2 Å². The Balaban J connectivity index is 2.25. The number of urea groups is 1. The number of nitrogens with zero attached hydrogens (tertiary/aromatic N) is 3. The van der Waals surface area contributed by atoms with Crippen LogP contribution in [0.3, 0.4) is 0 Å². The molecule has 3 N–H and O–H groups in total. The van der Waals surface area contributed by atoms with Crippen LogP contribution >= 0.6 is 0 Å². The Bertz CT molecular complexity index is 557. The van der Waals surface area contributed by atoms with Crippen LogP contribution in [0.4, 0.5) is 4.79 Å². The number of aromatic nitrogens is 2. The molecular weight excluding hydrogens is 206 g/mol. The number of hydrogen-bond acceptors (Lipinski definition) is 3. The van der Waals surface area contributed by atoms with E-state index in [4.69, 9.17) is 5.73 Å². The molecule has 0 saturated heterocycles. The molecule has 0 spiro atoms. The van der Waals surface area contributed by atoms with Crippen LogP contribution in [0.2, 0.25) is 0 Å². The lowest BCUT2D eigenvalue weighted by Gasteiger charge is -1.93. The highest BCUT2D eigenvalue weighted by molar-refractivity contribution is 5.88. The van der Waals surface area contributed by atoms with Gasteiger partial charge in [-0.15, -0.1) is 0 Å². The van der Waals surface area contributed by atoms with Gasteiger partial charge in [0.05, 0.1) is 11.7 Å². The van der Waals surface area contributed by atoms with Crippen LogP contribution in [0.25, 0.3) is 10.9 Å². The van der Waals surface area contributed by atoms with Gasteiger partial charge in [0.2, 0.25) is 0 Å². The van der Waals surface area contributed by atoms with E-state index in [1.165, 1.54) is 6.21 Å². The Morgan fingerprint density at radius 1 is 1.62 bits per heavy atom. The Hall–Kier alpha value is -2.37. The van der Waals surface area contributed by atoms with Crippen LogP contribution < -0.4 is 11.2 Å². The molecule has 0 bridgehead atoms. The summed E-state index contributed by atoms with van der Waals surface area (Å²) in [4.78, 5) is 10.4. The summed E-state index contributed by atoms with van der Waals surface area (Å²) in [5.41, 5.74) is 8.73. The van der Waals surface area contributed by atoms with Crippen LogP contribution in [-0.4, -0.2) is 22.0 Å². The molecule has 0 atom stereocenters. The Morgan fingerprint density at radius 2 is 2.44 bits per heavy atom. The minimum absolute atomic E-state index is 0.685. The minimum atomic E-state index is -0.685. The molecule has 82 valence electrons. The first kappa shape index (κ1) is 10.2. The number of benzene rings is 1. The number of nitrogens with one attached hydrogen (secondary N) is 1. The van der Waals surface area contributed by atoms with Gasteiger partial charge in [0.1, 0.15) is 0 Å². The zero-order valence-corrected chi connectivity index (χ0v) is 8.71. The van der Waals surface area contributed by atoms with Gasteiger partial charge in [0, 0.05) is 18.6 Å². The molecule has 2 aromatic rings. The largest absolute Gasteiger partial charge is 0.350 e. The van der Waals surface area contributed by atoms with Crippen molar-refractivity contribution in [2.24, 2.45) is 17.9 Å². The average molecular weight is 217 g/mol. The Kier molecular flexibility index (Phi) is 2.55. The van der Waals surface area contributed by atoms with E-state index in [0.717, 1.165) is 16.5 Å². The summed E-state index contributed by atoms with van der Waals surface area (Å²) >= 11 is 0. The summed E-state index contributed by atoms with van der Waals surface area (Å²) in [6, 6.07) is 5.02. The van der Waals surface area contributed by atoms with Crippen LogP contribution in [0.1, 0.15) is 5.56 Å². The number of nitrogens with two attached hydrogens (primary N) is 1. The SMILES string of the molecule is Cn1cc2ccc(C=NNC(N)=O)cc2n1. The lowest BCUT2D eigenvalue weighted by atomic mass is 10.2. The lowest BCUT2D eigenvalue weighted by Crippen LogP contribution is -2.24. The van der Waals surface area contributed by atoms with Crippen molar-refractivity contribution < 1.29 is 4.79 Å². The zero-order chi connectivity index (χ0) is 11.5. The summed E-state index contributed by atoms with van der Waals surface area (Å²) in [6.45, 7) is 0. The first-order valence-corrected chi connectivity index (χ1v) is 4.67. The predicted octanol–water partition coefficient (Wildman–Crippen LogP) is 0.576. The van der Waals surface area contributed by atoms with Gasteiger partial charge in [-0.05, 0) is 11.6 Å². The Labute approximate surface area is 91.7 Å². The fraction of sp³-hybridized carbons (Fsp3) is 0.100. The number of aryl methyl sites for hydroxylation is 1. The van der Waals surface area contributed by atoms with Gasteiger partial charge in [0.25, 0.3) is 0 Å². The normalized spacial score (nSPS) is 11.1. The molecule has 0 fully saturated rings. The molecule has 6 nitrogen and oxygen atoms in total. The molecule has 2 amide bonds. The molecule has 16 heavy (non-hydrogen) atoms. The molecule has 1 aromatic heterocycles. The van der Waals surface area contributed by atoms with Crippen molar-refractivity contribution in [2.45, 2.75) is 0 Å². The number of hydrazone groups is 1. The summed E-state index contributed by atoms with van der Waals surface area (Å²) in [5, 5.41) is 8.99. The van der Waals surface area contributed by atoms with Crippen molar-refractivity contribution >= 4 is 23.1 Å². The van der Waals surface area contributed by atoms with Crippen molar-refractivity contribution in [2.75, 3.05) is 0 Å². The van der Waals surface area contributed by atoms with Crippen molar-refractivity contribution in [1.29, 1.82) is 0 Å². The highest BCUT2D eigenvalue weighted by Gasteiger charge is 1.98. The number of rotatable bonds is 2. The molecular formula is C10H11N5O. The molecule has 0 unspecified atom stereocenters. The van der Waals surface area contributed by atoms with E-state index in [-0.39, 0.29) is 0 Å². The third-order valence-corrected chi connectivity index (χ3v) is 2.03. The van der Waals surface area contributed by atoms with Crippen LogP contribution in [0.5, 0.6) is 0 Å². The second-order valence-corrected chi connectivity index (χ2v) is 3.36. The number of primary amides is 1. The van der Waals surface area contributed by atoms with Crippen LogP contribution in [0, 0.1) is 0 Å². The second kappa shape index (κ2) is 4.01. The van der Waals surface area contributed by atoms with Crippen molar-refractivity contribution in [3.8, 4) is 0 Å². The maximum absolute atomic E-state index is 10.4. The quantitative estimate of drug-likeness (QED) is 0.569. The fourth-order valence-corrected chi connectivity index (χ4v) is 1.41. The minimum Gasteiger partial charge on any atom is -0.350 e. The van der Waals surface area contributed by atoms with Gasteiger partial charge in [-0.25, -0.2) is 10.2 Å². The van der Waals surface area contributed by atoms with Crippen molar-refractivity contribution in [3.05, 3.63) is 30.0 Å². The number of hydrogen-bond donors (Lipinski definition) is 2. The topological polar surface area (TPSA) is 85.3 Å². The van der Waals surface area contributed by atoms with Crippen molar-refractivity contribution in [1.82, 2.24) is 15.2 Å². The van der Waals surface area contributed by atoms with E-state index in [1.54, 1.807) is 4.68 Å². The molecule has 0 aliphatic carbocycles. The average Bonchev–Trinajstić information content (AvgIpc) is 2.56. The summed E-state index contributed by atoms with van der Waals surface area (Å²) < 4.78 is 1.74. The monoisotopic (exact) mass is 217 g/mol. The molecule has 6 heteroatoms. The molecule has 0 radical (unpaired) electrons. The number of fused-ring (bicyclic) bond motifs is 1. The molecule has 0 aliphatic heterocycles. The lowest BCUT2D eigenvalue weighted by molar-refractivity contribution is 0.249. The first-order chi connectivity index (χ1) is 7.65. The number of carbonyl (C=O) groups excluding carboxylic acids is 1. The van der Waals surface area contributed by atoms with Crippen LogP contribution in [-0.2, 0) is 7.05 Å². The van der Waals surface area contributed by atoms with E-state index < -0.39 is 6.03 Å². The highest BCUT2D eigenvalue weighted by atomic mass is 16.2. The summed E-state index contributed by atoms with van der Waals surface area (Å²) in [6.07, 6.45) is 3.44. The maximum atomic E-state index is 10.4. The fourth-order valence-electron chi connectivity index (χ4n) is 1.41. The van der Waals surface area contributed by atoms with Crippen molar-refractivity contribution in [3.63, 3.8) is 0 Å². The van der Waals surface area contributed by atoms with E-state index in [2.05, 4.69) is 15.6 Å². The number of carbonyl (C=O) groups is 1. The third kappa shape index (κ3) is 2.17. The molecule has 2 rings (SSSR count). The van der Waals surface area contributed by atoms with E-state index in [9.17, 15) is 4.79 Å². The first-order valence-electron chi connectivity index (χ1n) is 4.67. The number of amides is 2. The smallest absolute Gasteiger partial charge is 0.332 e. The molecule has 1 heterocycles. The standard InChI is InChI=1S/C10H11N5O/c1-15-6-8-3-2-7(4-9(8)14-15)5-12-13-10(11)16/h2-6H,1H3,(H3,11,13,16). The Morgan fingerprint density at radius 3 is 3.19 bits per heavy atom. The third-order valence-electron chi connectivity index (χ3n) is 2.03. The van der Waals surface area contributed by atoms with E-state index in [0.29, 0.717) is 0 Å². The summed E-state index contributed by atoms with van der Waals surface area (Å²) in [7, 11) is 1.86.